The first kappa shape index (κ1) is 19.9. The van der Waals surface area contributed by atoms with E-state index in [1.165, 1.54) is 11.4 Å². The lowest BCUT2D eigenvalue weighted by molar-refractivity contribution is 0.382. The number of para-hydroxylation sites is 1. The van der Waals surface area contributed by atoms with E-state index in [0.717, 1.165) is 11.8 Å². The minimum Gasteiger partial charge on any atom is -0.496 e. The van der Waals surface area contributed by atoms with Crippen LogP contribution in [-0.4, -0.2) is 53.3 Å². The average molecular weight is 364 g/mol. The molecule has 0 amide bonds. The molecule has 9 heteroatoms. The molecule has 23 heavy (non-hydrogen) atoms. The van der Waals surface area contributed by atoms with Crippen LogP contribution in [0, 0.1) is 0 Å². The fourth-order valence-electron chi connectivity index (χ4n) is 2.05. The zero-order valence-electron chi connectivity index (χ0n) is 13.6. The van der Waals surface area contributed by atoms with Gasteiger partial charge in [-0.3, -0.25) is 0 Å². The minimum atomic E-state index is -3.48. The van der Waals surface area contributed by atoms with E-state index in [4.69, 9.17) is 4.74 Å². The first-order chi connectivity index (χ1) is 10.7. The third-order valence-corrected chi connectivity index (χ3v) is 6.00. The Morgan fingerprint density at radius 1 is 1.17 bits per heavy atom. The Balaban J connectivity index is 2.79. The molecule has 0 saturated heterocycles. The lowest BCUT2D eigenvalue weighted by atomic mass is 10.2. The molecule has 0 saturated carbocycles. The third kappa shape index (κ3) is 6.86. The highest BCUT2D eigenvalue weighted by molar-refractivity contribution is 7.89. The van der Waals surface area contributed by atoms with Crippen LogP contribution >= 0.6 is 0 Å². The van der Waals surface area contributed by atoms with Crippen LogP contribution in [0.25, 0.3) is 0 Å². The van der Waals surface area contributed by atoms with Gasteiger partial charge in [-0.15, -0.1) is 0 Å². The van der Waals surface area contributed by atoms with E-state index in [1.807, 2.05) is 0 Å². The molecule has 0 heterocycles. The zero-order chi connectivity index (χ0) is 17.5. The van der Waals surface area contributed by atoms with Crippen molar-refractivity contribution in [2.45, 2.75) is 19.9 Å². The second-order valence-corrected chi connectivity index (χ2v) is 9.03. The van der Waals surface area contributed by atoms with Crippen LogP contribution in [0.4, 0.5) is 0 Å². The number of methoxy groups -OCH3 is 1. The van der Waals surface area contributed by atoms with Crippen molar-refractivity contribution in [3.8, 4) is 5.75 Å². The third-order valence-electron chi connectivity index (χ3n) is 3.16. The number of rotatable bonds is 10. The van der Waals surface area contributed by atoms with Gasteiger partial charge in [-0.25, -0.2) is 21.6 Å². The summed E-state index contributed by atoms with van der Waals surface area (Å²) in [6, 6.07) is 7.12. The van der Waals surface area contributed by atoms with Crippen LogP contribution in [0.2, 0.25) is 0 Å². The van der Waals surface area contributed by atoms with Gasteiger partial charge in [0.15, 0.2) is 0 Å². The number of ether oxygens (including phenoxy) is 1. The van der Waals surface area contributed by atoms with E-state index < -0.39 is 20.0 Å². The Hall–Kier alpha value is -1.16. The fraction of sp³-hybridized carbons (Fsp3) is 0.571. The highest BCUT2D eigenvalue weighted by Crippen LogP contribution is 2.20. The molecule has 0 aliphatic carbocycles. The van der Waals surface area contributed by atoms with E-state index in [1.54, 1.807) is 31.2 Å². The van der Waals surface area contributed by atoms with Gasteiger partial charge in [-0.2, -0.15) is 4.31 Å². The number of nitrogens with zero attached hydrogens (tertiary/aromatic N) is 1. The summed E-state index contributed by atoms with van der Waals surface area (Å²) < 4.78 is 55.9. The number of sulfonamides is 2. The van der Waals surface area contributed by atoms with Gasteiger partial charge in [0.1, 0.15) is 5.75 Å². The smallest absolute Gasteiger partial charge is 0.211 e. The van der Waals surface area contributed by atoms with Crippen molar-refractivity contribution in [2.24, 2.45) is 0 Å². The van der Waals surface area contributed by atoms with Crippen LogP contribution in [0.3, 0.4) is 0 Å². The van der Waals surface area contributed by atoms with Crippen molar-refractivity contribution >= 4 is 20.0 Å². The Kier molecular flexibility index (Phi) is 7.46. The SMILES string of the molecule is CCCS(=O)(=O)NCCN(Cc1ccccc1OC)S(C)(=O)=O. The topological polar surface area (TPSA) is 92.8 Å². The fourth-order valence-corrected chi connectivity index (χ4v) is 3.93. The maximum atomic E-state index is 11.9. The Bertz CT molecular complexity index is 702. The summed E-state index contributed by atoms with van der Waals surface area (Å²) >= 11 is 0. The molecule has 132 valence electrons. The van der Waals surface area contributed by atoms with E-state index in [2.05, 4.69) is 4.72 Å². The molecule has 0 aliphatic heterocycles. The molecule has 1 rings (SSSR count). The molecular formula is C14H24N2O5S2. The van der Waals surface area contributed by atoms with Gasteiger partial charge in [0, 0.05) is 25.2 Å². The summed E-state index contributed by atoms with van der Waals surface area (Å²) in [5, 5.41) is 0. The molecule has 7 nitrogen and oxygen atoms in total. The summed E-state index contributed by atoms with van der Waals surface area (Å²) in [6.07, 6.45) is 1.61. The second-order valence-electron chi connectivity index (χ2n) is 5.12. The van der Waals surface area contributed by atoms with E-state index in [9.17, 15) is 16.8 Å². The summed E-state index contributed by atoms with van der Waals surface area (Å²) in [4.78, 5) is 0. The van der Waals surface area contributed by atoms with Crippen LogP contribution < -0.4 is 9.46 Å². The molecule has 1 aromatic rings. The van der Waals surface area contributed by atoms with Crippen LogP contribution in [0.5, 0.6) is 5.75 Å². The second kappa shape index (κ2) is 8.62. The van der Waals surface area contributed by atoms with Crippen molar-refractivity contribution < 1.29 is 21.6 Å². The number of nitrogens with one attached hydrogen (secondary N) is 1. The molecule has 1 N–H and O–H groups in total. The first-order valence-corrected chi connectivity index (χ1v) is 10.7. The summed E-state index contributed by atoms with van der Waals surface area (Å²) in [7, 11) is -5.31. The maximum Gasteiger partial charge on any atom is 0.211 e. The van der Waals surface area contributed by atoms with Crippen molar-refractivity contribution in [1.29, 1.82) is 0 Å². The predicted molar refractivity (Wildman–Crippen MR) is 90.3 cm³/mol. The highest BCUT2D eigenvalue weighted by atomic mass is 32.2. The van der Waals surface area contributed by atoms with E-state index >= 15 is 0 Å². The molecule has 0 unspecified atom stereocenters. The standard InChI is InChI=1S/C14H24N2O5S2/c1-4-11-23(19,20)15-9-10-16(22(3,17)18)12-13-7-5-6-8-14(13)21-2/h5-8,15H,4,9-12H2,1-3H3. The van der Waals surface area contributed by atoms with Crippen molar-refractivity contribution in [3.63, 3.8) is 0 Å². The molecule has 0 aliphatic rings. The molecule has 0 bridgehead atoms. The van der Waals surface area contributed by atoms with Crippen LogP contribution in [-0.2, 0) is 26.6 Å². The summed E-state index contributed by atoms with van der Waals surface area (Å²) in [5.41, 5.74) is 0.719. The number of hydrogen-bond acceptors (Lipinski definition) is 5. The van der Waals surface area contributed by atoms with Gasteiger partial charge in [-0.1, -0.05) is 25.1 Å². The van der Waals surface area contributed by atoms with Crippen LogP contribution in [0.1, 0.15) is 18.9 Å². The summed E-state index contributed by atoms with van der Waals surface area (Å²) in [5.74, 6) is 0.617. The van der Waals surface area contributed by atoms with Gasteiger partial charge in [0.2, 0.25) is 20.0 Å². The lowest BCUT2D eigenvalue weighted by Gasteiger charge is -2.21. The molecular weight excluding hydrogens is 340 g/mol. The molecule has 0 fully saturated rings. The van der Waals surface area contributed by atoms with Crippen molar-refractivity contribution in [3.05, 3.63) is 29.8 Å². The van der Waals surface area contributed by atoms with Gasteiger partial charge >= 0.3 is 0 Å². The number of hydrogen-bond donors (Lipinski definition) is 1. The van der Waals surface area contributed by atoms with E-state index in [-0.39, 0.29) is 25.4 Å². The average Bonchev–Trinajstić information content (AvgIpc) is 2.45. The molecule has 0 radical (unpaired) electrons. The zero-order valence-corrected chi connectivity index (χ0v) is 15.3. The maximum absolute atomic E-state index is 11.9. The van der Waals surface area contributed by atoms with E-state index in [0.29, 0.717) is 12.2 Å². The highest BCUT2D eigenvalue weighted by Gasteiger charge is 2.19. The van der Waals surface area contributed by atoms with Gasteiger partial charge in [0.05, 0.1) is 19.1 Å². The summed E-state index contributed by atoms with van der Waals surface area (Å²) in [6.45, 7) is 1.98. The first-order valence-electron chi connectivity index (χ1n) is 7.24. The minimum absolute atomic E-state index is 0.0262. The van der Waals surface area contributed by atoms with Gasteiger partial charge in [-0.05, 0) is 12.5 Å². The molecule has 0 aromatic heterocycles. The van der Waals surface area contributed by atoms with Gasteiger partial charge in [0.25, 0.3) is 0 Å². The lowest BCUT2D eigenvalue weighted by Crippen LogP contribution is -2.38. The molecule has 1 aromatic carbocycles. The largest absolute Gasteiger partial charge is 0.496 e. The Morgan fingerprint density at radius 2 is 1.83 bits per heavy atom. The Morgan fingerprint density at radius 3 is 2.39 bits per heavy atom. The quantitative estimate of drug-likeness (QED) is 0.662. The predicted octanol–water partition coefficient (Wildman–Crippen LogP) is 0.786. The normalized spacial score (nSPS) is 12.5. The molecule has 0 spiro atoms. The number of benzene rings is 1. The van der Waals surface area contributed by atoms with Crippen LogP contribution in [0.15, 0.2) is 24.3 Å². The van der Waals surface area contributed by atoms with Gasteiger partial charge < -0.3 is 4.74 Å². The monoisotopic (exact) mass is 364 g/mol. The van der Waals surface area contributed by atoms with Crippen molar-refractivity contribution in [2.75, 3.05) is 32.2 Å². The molecule has 0 atom stereocenters. The Labute approximate surface area is 138 Å². The van der Waals surface area contributed by atoms with Crippen molar-refractivity contribution in [1.82, 2.24) is 9.03 Å².